The monoisotopic (exact) mass is 338 g/mol. The summed E-state index contributed by atoms with van der Waals surface area (Å²) in [4.78, 5) is 14.9. The molecule has 0 bridgehead atoms. The van der Waals surface area contributed by atoms with E-state index in [1.165, 1.54) is 11.3 Å². The number of hydrogen-bond donors (Lipinski definition) is 1. The van der Waals surface area contributed by atoms with E-state index in [9.17, 15) is 4.79 Å². The minimum absolute atomic E-state index is 0. The van der Waals surface area contributed by atoms with Crippen molar-refractivity contribution in [3.8, 4) is 0 Å². The molecule has 0 aliphatic carbocycles. The summed E-state index contributed by atoms with van der Waals surface area (Å²) in [6.45, 7) is 1.72. The molecule has 1 fully saturated rings. The van der Waals surface area contributed by atoms with Gasteiger partial charge in [0.25, 0.3) is 5.91 Å². The van der Waals surface area contributed by atoms with Gasteiger partial charge in [0.1, 0.15) is 0 Å². The van der Waals surface area contributed by atoms with Gasteiger partial charge in [0.15, 0.2) is 0 Å². The summed E-state index contributed by atoms with van der Waals surface area (Å²) in [7, 11) is 1.98. The molecule has 0 unspecified atom stereocenters. The summed E-state index contributed by atoms with van der Waals surface area (Å²) >= 11 is 4.88. The van der Waals surface area contributed by atoms with E-state index in [0.717, 1.165) is 35.3 Å². The highest BCUT2D eigenvalue weighted by Gasteiger charge is 2.23. The molecule has 6 heteroatoms. The molecule has 0 spiro atoms. The molecule has 96 valence electrons. The number of amides is 1. The van der Waals surface area contributed by atoms with E-state index < -0.39 is 0 Å². The van der Waals surface area contributed by atoms with Crippen LogP contribution in [0.2, 0.25) is 0 Å². The van der Waals surface area contributed by atoms with Gasteiger partial charge in [-0.25, -0.2) is 0 Å². The molecule has 0 radical (unpaired) electrons. The zero-order valence-corrected chi connectivity index (χ0v) is 12.8. The van der Waals surface area contributed by atoms with E-state index in [2.05, 4.69) is 21.2 Å². The number of carbonyl (C=O) groups excluding carboxylic acids is 1. The van der Waals surface area contributed by atoms with Gasteiger partial charge in [0, 0.05) is 29.0 Å². The van der Waals surface area contributed by atoms with E-state index >= 15 is 0 Å². The first-order valence-electron chi connectivity index (χ1n) is 5.41. The van der Waals surface area contributed by atoms with Crippen LogP contribution in [-0.2, 0) is 0 Å². The Bertz CT molecular complexity index is 377. The van der Waals surface area contributed by atoms with Crippen LogP contribution in [0.3, 0.4) is 0 Å². The van der Waals surface area contributed by atoms with E-state index in [0.29, 0.717) is 6.04 Å². The molecule has 3 nitrogen and oxygen atoms in total. The van der Waals surface area contributed by atoms with Crippen molar-refractivity contribution < 1.29 is 4.79 Å². The summed E-state index contributed by atoms with van der Waals surface area (Å²) in [6, 6.07) is 2.47. The lowest BCUT2D eigenvalue weighted by atomic mass is 10.1. The maximum absolute atomic E-state index is 12.1. The first-order valence-corrected chi connectivity index (χ1v) is 7.08. The van der Waals surface area contributed by atoms with Crippen molar-refractivity contribution in [3.05, 3.63) is 20.8 Å². The number of carbonyl (C=O) groups is 1. The van der Waals surface area contributed by atoms with Crippen LogP contribution < -0.4 is 5.32 Å². The Morgan fingerprint density at radius 1 is 1.53 bits per heavy atom. The average Bonchev–Trinajstić information content (AvgIpc) is 2.75. The first-order chi connectivity index (χ1) is 7.70. The quantitative estimate of drug-likeness (QED) is 0.898. The number of nitrogens with zero attached hydrogens (tertiary/aromatic N) is 1. The van der Waals surface area contributed by atoms with E-state index in [-0.39, 0.29) is 18.3 Å². The molecule has 1 aromatic heterocycles. The SMILES string of the molecule is CNC1CCN(C(=O)c2cc(Br)cs2)CC1.Cl. The number of likely N-dealkylation sites (tertiary alicyclic amines) is 1. The van der Waals surface area contributed by atoms with E-state index in [1.54, 1.807) is 0 Å². The van der Waals surface area contributed by atoms with Gasteiger partial charge < -0.3 is 10.2 Å². The van der Waals surface area contributed by atoms with Crippen LogP contribution in [0.15, 0.2) is 15.9 Å². The van der Waals surface area contributed by atoms with Crippen LogP contribution in [0.25, 0.3) is 0 Å². The highest BCUT2D eigenvalue weighted by Crippen LogP contribution is 2.22. The molecule has 2 rings (SSSR count). The van der Waals surface area contributed by atoms with Crippen molar-refractivity contribution >= 4 is 45.6 Å². The third-order valence-electron chi connectivity index (χ3n) is 2.97. The van der Waals surface area contributed by atoms with Crippen molar-refractivity contribution in [1.29, 1.82) is 0 Å². The Kier molecular flexibility index (Phi) is 5.92. The Labute approximate surface area is 120 Å². The van der Waals surface area contributed by atoms with Gasteiger partial charge in [0.2, 0.25) is 0 Å². The van der Waals surface area contributed by atoms with Gasteiger partial charge in [-0.15, -0.1) is 23.7 Å². The minimum atomic E-state index is 0. The lowest BCUT2D eigenvalue weighted by molar-refractivity contribution is 0.0712. The summed E-state index contributed by atoms with van der Waals surface area (Å²) in [5.41, 5.74) is 0. The number of halogens is 2. The Hall–Kier alpha value is -0.100. The maximum atomic E-state index is 12.1. The highest BCUT2D eigenvalue weighted by atomic mass is 79.9. The van der Waals surface area contributed by atoms with Gasteiger partial charge in [0.05, 0.1) is 4.88 Å². The fraction of sp³-hybridized carbons (Fsp3) is 0.545. The van der Waals surface area contributed by atoms with Crippen LogP contribution in [0.1, 0.15) is 22.5 Å². The second-order valence-corrected chi connectivity index (χ2v) is 5.81. The molecule has 17 heavy (non-hydrogen) atoms. The zero-order chi connectivity index (χ0) is 11.5. The van der Waals surface area contributed by atoms with Crippen molar-refractivity contribution in [1.82, 2.24) is 10.2 Å². The molecule has 1 N–H and O–H groups in total. The highest BCUT2D eigenvalue weighted by molar-refractivity contribution is 9.10. The molecule has 1 aromatic rings. The van der Waals surface area contributed by atoms with Gasteiger partial charge in [-0.1, -0.05) is 0 Å². The fourth-order valence-electron chi connectivity index (χ4n) is 1.95. The van der Waals surface area contributed by atoms with Crippen LogP contribution in [-0.4, -0.2) is 37.0 Å². The van der Waals surface area contributed by atoms with Crippen LogP contribution in [0.4, 0.5) is 0 Å². The van der Waals surface area contributed by atoms with Crippen molar-refractivity contribution in [3.63, 3.8) is 0 Å². The topological polar surface area (TPSA) is 32.3 Å². The second kappa shape index (κ2) is 6.73. The van der Waals surface area contributed by atoms with Gasteiger partial charge in [-0.05, 0) is 41.9 Å². The van der Waals surface area contributed by atoms with Gasteiger partial charge >= 0.3 is 0 Å². The summed E-state index contributed by atoms with van der Waals surface area (Å²) < 4.78 is 0.992. The Morgan fingerprint density at radius 3 is 2.65 bits per heavy atom. The normalized spacial score (nSPS) is 16.7. The van der Waals surface area contributed by atoms with Gasteiger partial charge in [-0.3, -0.25) is 4.79 Å². The average molecular weight is 340 g/mol. The minimum Gasteiger partial charge on any atom is -0.338 e. The number of thiophene rings is 1. The predicted octanol–water partition coefficient (Wildman–Crippen LogP) is 2.76. The Morgan fingerprint density at radius 2 is 2.18 bits per heavy atom. The molecular formula is C11H16BrClN2OS. The van der Waals surface area contributed by atoms with E-state index in [4.69, 9.17) is 0 Å². The third kappa shape index (κ3) is 3.68. The lowest BCUT2D eigenvalue weighted by Crippen LogP contribution is -2.43. The summed E-state index contributed by atoms with van der Waals surface area (Å²) in [5, 5.41) is 5.22. The molecule has 1 aliphatic heterocycles. The molecule has 2 heterocycles. The fourth-order valence-corrected chi connectivity index (χ4v) is 3.35. The maximum Gasteiger partial charge on any atom is 0.263 e. The largest absolute Gasteiger partial charge is 0.338 e. The van der Waals surface area contributed by atoms with Crippen LogP contribution in [0, 0.1) is 0 Å². The van der Waals surface area contributed by atoms with Gasteiger partial charge in [-0.2, -0.15) is 0 Å². The number of nitrogens with one attached hydrogen (secondary N) is 1. The number of hydrogen-bond acceptors (Lipinski definition) is 3. The van der Waals surface area contributed by atoms with Crippen LogP contribution >= 0.6 is 39.7 Å². The molecule has 1 aliphatic rings. The predicted molar refractivity (Wildman–Crippen MR) is 77.3 cm³/mol. The van der Waals surface area contributed by atoms with Crippen molar-refractivity contribution in [2.24, 2.45) is 0 Å². The summed E-state index contributed by atoms with van der Waals surface area (Å²) in [5.74, 6) is 0.172. The number of piperidine rings is 1. The zero-order valence-electron chi connectivity index (χ0n) is 9.61. The molecule has 1 saturated heterocycles. The molecular weight excluding hydrogens is 324 g/mol. The standard InChI is InChI=1S/C11H15BrN2OS.ClH/c1-13-9-2-4-14(5-3-9)11(15)10-6-8(12)7-16-10;/h6-7,9,13H,2-5H2,1H3;1H. The van der Waals surface area contributed by atoms with E-state index in [1.807, 2.05) is 23.4 Å². The van der Waals surface area contributed by atoms with Crippen molar-refractivity contribution in [2.45, 2.75) is 18.9 Å². The first kappa shape index (κ1) is 15.0. The summed E-state index contributed by atoms with van der Waals surface area (Å²) in [6.07, 6.45) is 2.10. The smallest absolute Gasteiger partial charge is 0.263 e. The number of rotatable bonds is 2. The van der Waals surface area contributed by atoms with Crippen LogP contribution in [0.5, 0.6) is 0 Å². The Balaban J connectivity index is 0.00000144. The molecule has 0 atom stereocenters. The molecule has 0 aromatic carbocycles. The van der Waals surface area contributed by atoms with Crippen molar-refractivity contribution in [2.75, 3.05) is 20.1 Å². The second-order valence-electron chi connectivity index (χ2n) is 3.98. The molecule has 0 saturated carbocycles. The third-order valence-corrected chi connectivity index (χ3v) is 4.65. The molecule has 1 amide bonds. The lowest BCUT2D eigenvalue weighted by Gasteiger charge is -2.31.